The van der Waals surface area contributed by atoms with E-state index >= 15 is 0 Å². The number of carboxylic acids is 1. The van der Waals surface area contributed by atoms with E-state index in [1.165, 1.54) is 6.08 Å². The molecule has 5 nitrogen and oxygen atoms in total. The fourth-order valence-corrected chi connectivity index (χ4v) is 1.50. The first-order chi connectivity index (χ1) is 8.54. The molecule has 0 saturated heterocycles. The van der Waals surface area contributed by atoms with Gasteiger partial charge in [0.1, 0.15) is 6.61 Å². The van der Waals surface area contributed by atoms with Crippen molar-refractivity contribution in [3.63, 3.8) is 0 Å². The largest absolute Gasteiger partial charge is 0.481 e. The Morgan fingerprint density at radius 3 is 2.83 bits per heavy atom. The lowest BCUT2D eigenvalue weighted by molar-refractivity contribution is -0.136. The minimum atomic E-state index is -0.997. The first-order valence-corrected chi connectivity index (χ1v) is 5.46. The van der Waals surface area contributed by atoms with Gasteiger partial charge >= 0.3 is 12.1 Å². The number of rotatable bonds is 5. The summed E-state index contributed by atoms with van der Waals surface area (Å²) in [5, 5.41) is 11.3. The number of carboxylic acid groups (broad SMARTS) is 1. The average Bonchev–Trinajstić information content (AvgIpc) is 2.31. The second-order valence-corrected chi connectivity index (χ2v) is 3.74. The van der Waals surface area contributed by atoms with Crippen molar-refractivity contribution in [3.8, 4) is 0 Å². The molecule has 0 atom stereocenters. The lowest BCUT2D eigenvalue weighted by atomic mass is 10.1. The topological polar surface area (TPSA) is 75.6 Å². The van der Waals surface area contributed by atoms with Gasteiger partial charge in [0, 0.05) is 0 Å². The molecule has 0 saturated carbocycles. The van der Waals surface area contributed by atoms with Crippen LogP contribution in [0.15, 0.2) is 30.9 Å². The summed E-state index contributed by atoms with van der Waals surface area (Å²) < 4.78 is 4.73. The molecular formula is C12H12ClNO4. The summed E-state index contributed by atoms with van der Waals surface area (Å²) in [7, 11) is 0. The maximum Gasteiger partial charge on any atom is 0.411 e. The molecule has 0 radical (unpaired) electrons. The number of amides is 1. The zero-order valence-corrected chi connectivity index (χ0v) is 10.2. The minimum absolute atomic E-state index is 0.0816. The second kappa shape index (κ2) is 6.66. The first kappa shape index (κ1) is 14.1. The Morgan fingerprint density at radius 2 is 2.22 bits per heavy atom. The van der Waals surface area contributed by atoms with Crippen LogP contribution in [0.2, 0.25) is 5.02 Å². The summed E-state index contributed by atoms with van der Waals surface area (Å²) in [6.45, 7) is 3.49. The van der Waals surface area contributed by atoms with Crippen LogP contribution in [0.3, 0.4) is 0 Å². The molecule has 0 unspecified atom stereocenters. The van der Waals surface area contributed by atoms with Crippen molar-refractivity contribution < 1.29 is 19.4 Å². The number of benzene rings is 1. The van der Waals surface area contributed by atoms with Crippen molar-refractivity contribution in [1.82, 2.24) is 0 Å². The predicted molar refractivity (Wildman–Crippen MR) is 68.0 cm³/mol. The summed E-state index contributed by atoms with van der Waals surface area (Å²) in [6, 6.07) is 4.74. The van der Waals surface area contributed by atoms with E-state index in [4.69, 9.17) is 21.4 Å². The summed E-state index contributed by atoms with van der Waals surface area (Å²) in [6.07, 6.45) is 0.544. The molecular weight excluding hydrogens is 258 g/mol. The zero-order valence-electron chi connectivity index (χ0n) is 9.48. The molecule has 0 aromatic heterocycles. The third kappa shape index (κ3) is 4.10. The Kier molecular flexibility index (Phi) is 5.20. The normalized spacial score (nSPS) is 9.61. The predicted octanol–water partition coefficient (Wildman–Crippen LogP) is 2.70. The van der Waals surface area contributed by atoms with Gasteiger partial charge in [-0.1, -0.05) is 36.4 Å². The van der Waals surface area contributed by atoms with E-state index in [0.717, 1.165) is 0 Å². The Balaban J connectivity index is 2.80. The van der Waals surface area contributed by atoms with Crippen molar-refractivity contribution in [2.24, 2.45) is 0 Å². The van der Waals surface area contributed by atoms with Crippen LogP contribution in [0, 0.1) is 0 Å². The van der Waals surface area contributed by atoms with Gasteiger partial charge in [-0.05, 0) is 11.6 Å². The third-order valence-electron chi connectivity index (χ3n) is 1.99. The Morgan fingerprint density at radius 1 is 1.50 bits per heavy atom. The maximum absolute atomic E-state index is 11.3. The van der Waals surface area contributed by atoms with E-state index in [9.17, 15) is 9.59 Å². The van der Waals surface area contributed by atoms with Crippen molar-refractivity contribution in [3.05, 3.63) is 41.4 Å². The molecule has 1 aromatic carbocycles. The zero-order chi connectivity index (χ0) is 13.5. The molecule has 0 heterocycles. The fourth-order valence-electron chi connectivity index (χ4n) is 1.26. The molecule has 0 bridgehead atoms. The molecule has 2 N–H and O–H groups in total. The van der Waals surface area contributed by atoms with Gasteiger partial charge in [-0.15, -0.1) is 0 Å². The number of nitrogens with one attached hydrogen (secondary N) is 1. The highest BCUT2D eigenvalue weighted by molar-refractivity contribution is 6.34. The number of ether oxygens (including phenoxy) is 1. The van der Waals surface area contributed by atoms with Crippen LogP contribution in [0.4, 0.5) is 10.5 Å². The van der Waals surface area contributed by atoms with Crippen LogP contribution >= 0.6 is 11.6 Å². The highest BCUT2D eigenvalue weighted by atomic mass is 35.5. The number of anilines is 1. The Hall–Kier alpha value is -2.01. The molecule has 96 valence electrons. The number of carbonyl (C=O) groups excluding carboxylic acids is 1. The monoisotopic (exact) mass is 269 g/mol. The fraction of sp³-hybridized carbons (Fsp3) is 0.167. The Labute approximate surface area is 109 Å². The smallest absolute Gasteiger partial charge is 0.411 e. The maximum atomic E-state index is 11.3. The van der Waals surface area contributed by atoms with Gasteiger partial charge in [-0.25, -0.2) is 4.79 Å². The number of hydrogen-bond donors (Lipinski definition) is 2. The molecule has 6 heteroatoms. The number of aliphatic carboxylic acids is 1. The molecule has 1 aromatic rings. The van der Waals surface area contributed by atoms with Crippen molar-refractivity contribution in [2.45, 2.75) is 6.42 Å². The molecule has 0 aliphatic carbocycles. The van der Waals surface area contributed by atoms with Gasteiger partial charge in [0.2, 0.25) is 0 Å². The van der Waals surface area contributed by atoms with E-state index in [0.29, 0.717) is 11.3 Å². The number of carbonyl (C=O) groups is 2. The Bertz CT molecular complexity index is 473. The summed E-state index contributed by atoms with van der Waals surface area (Å²) >= 11 is 5.98. The van der Waals surface area contributed by atoms with Gasteiger partial charge in [-0.2, -0.15) is 0 Å². The molecule has 0 aliphatic heterocycles. The van der Waals surface area contributed by atoms with Gasteiger partial charge in [0.25, 0.3) is 0 Å². The molecule has 0 fully saturated rings. The van der Waals surface area contributed by atoms with Gasteiger partial charge < -0.3 is 9.84 Å². The van der Waals surface area contributed by atoms with E-state index in [-0.39, 0.29) is 18.1 Å². The lowest BCUT2D eigenvalue weighted by Crippen LogP contribution is -2.14. The minimum Gasteiger partial charge on any atom is -0.481 e. The number of halogens is 1. The molecule has 18 heavy (non-hydrogen) atoms. The van der Waals surface area contributed by atoms with Crippen LogP contribution in [0.5, 0.6) is 0 Å². The van der Waals surface area contributed by atoms with Gasteiger partial charge in [-0.3, -0.25) is 10.1 Å². The summed E-state index contributed by atoms with van der Waals surface area (Å²) in [5.41, 5.74) is 0.732. The lowest BCUT2D eigenvalue weighted by Gasteiger charge is -2.09. The summed E-state index contributed by atoms with van der Waals surface area (Å²) in [5.74, 6) is -0.997. The molecule has 0 spiro atoms. The standard InChI is InChI=1S/C12H12ClNO4/c1-2-6-18-12(17)14-9-5-3-4-8(11(9)13)7-10(15)16/h2-5H,1,6-7H2,(H,14,17)(H,15,16). The quantitative estimate of drug-likeness (QED) is 0.806. The van der Waals surface area contributed by atoms with Crippen LogP contribution in [0.25, 0.3) is 0 Å². The van der Waals surface area contributed by atoms with E-state index in [1.807, 2.05) is 0 Å². The van der Waals surface area contributed by atoms with E-state index < -0.39 is 12.1 Å². The van der Waals surface area contributed by atoms with Crippen LogP contribution < -0.4 is 5.32 Å². The SMILES string of the molecule is C=CCOC(=O)Nc1cccc(CC(=O)O)c1Cl. The van der Waals surface area contributed by atoms with E-state index in [2.05, 4.69) is 11.9 Å². The average molecular weight is 270 g/mol. The highest BCUT2D eigenvalue weighted by Gasteiger charge is 2.11. The van der Waals surface area contributed by atoms with Crippen molar-refractivity contribution in [2.75, 3.05) is 11.9 Å². The van der Waals surface area contributed by atoms with Gasteiger partial charge in [0.05, 0.1) is 17.1 Å². The van der Waals surface area contributed by atoms with E-state index in [1.54, 1.807) is 18.2 Å². The van der Waals surface area contributed by atoms with Gasteiger partial charge in [0.15, 0.2) is 0 Å². The van der Waals surface area contributed by atoms with Crippen LogP contribution in [-0.4, -0.2) is 23.8 Å². The highest BCUT2D eigenvalue weighted by Crippen LogP contribution is 2.26. The molecule has 1 amide bonds. The van der Waals surface area contributed by atoms with Crippen molar-refractivity contribution >= 4 is 29.4 Å². The van der Waals surface area contributed by atoms with Crippen LogP contribution in [-0.2, 0) is 16.0 Å². The second-order valence-electron chi connectivity index (χ2n) is 3.36. The number of hydrogen-bond acceptors (Lipinski definition) is 3. The third-order valence-corrected chi connectivity index (χ3v) is 2.44. The van der Waals surface area contributed by atoms with Crippen molar-refractivity contribution in [1.29, 1.82) is 0 Å². The first-order valence-electron chi connectivity index (χ1n) is 5.08. The summed E-state index contributed by atoms with van der Waals surface area (Å²) in [4.78, 5) is 21.9. The van der Waals surface area contributed by atoms with Crippen LogP contribution in [0.1, 0.15) is 5.56 Å². The molecule has 1 rings (SSSR count). The molecule has 0 aliphatic rings.